The van der Waals surface area contributed by atoms with Crippen molar-refractivity contribution < 1.29 is 4.79 Å². The van der Waals surface area contributed by atoms with E-state index in [4.69, 9.17) is 0 Å². The number of hydrogen-bond acceptors (Lipinski definition) is 4. The Balaban J connectivity index is 1.47. The predicted octanol–water partition coefficient (Wildman–Crippen LogP) is 3.88. The quantitative estimate of drug-likeness (QED) is 0.723. The third-order valence-electron chi connectivity index (χ3n) is 5.55. The Labute approximate surface area is 171 Å². The first-order valence-electron chi connectivity index (χ1n) is 10.1. The van der Waals surface area contributed by atoms with Crippen molar-refractivity contribution in [3.63, 3.8) is 0 Å². The van der Waals surface area contributed by atoms with Gasteiger partial charge in [-0.2, -0.15) is 0 Å². The Hall–Kier alpha value is -3.05. The molecule has 2 aromatic heterocycles. The van der Waals surface area contributed by atoms with Crippen LogP contribution < -0.4 is 5.32 Å². The fraction of sp³-hybridized carbons (Fsp3) is 0.292. The maximum Gasteiger partial charge on any atom is 0.253 e. The SMILES string of the molecule is CN(CC1CCNCC1)C(=O)c1ccc(-c2cncc(-c3ccncc3)c2)cc1. The van der Waals surface area contributed by atoms with Gasteiger partial charge in [0, 0.05) is 55.1 Å². The third-order valence-corrected chi connectivity index (χ3v) is 5.55. The number of piperidine rings is 1. The molecular formula is C24H26N4O. The minimum atomic E-state index is 0.0822. The maximum absolute atomic E-state index is 12.8. The van der Waals surface area contributed by atoms with Crippen LogP contribution in [0.4, 0.5) is 0 Å². The van der Waals surface area contributed by atoms with Crippen molar-refractivity contribution in [2.24, 2.45) is 5.92 Å². The van der Waals surface area contributed by atoms with Crippen LogP contribution in [0.25, 0.3) is 22.3 Å². The highest BCUT2D eigenvalue weighted by molar-refractivity contribution is 5.94. The number of nitrogens with zero attached hydrogens (tertiary/aromatic N) is 3. The summed E-state index contributed by atoms with van der Waals surface area (Å²) >= 11 is 0. The van der Waals surface area contributed by atoms with E-state index in [1.807, 2.05) is 60.7 Å². The van der Waals surface area contributed by atoms with E-state index in [-0.39, 0.29) is 5.91 Å². The highest BCUT2D eigenvalue weighted by Gasteiger charge is 2.19. The van der Waals surface area contributed by atoms with Gasteiger partial charge < -0.3 is 10.2 Å². The minimum Gasteiger partial charge on any atom is -0.341 e. The molecule has 1 aromatic carbocycles. The van der Waals surface area contributed by atoms with Crippen molar-refractivity contribution in [1.29, 1.82) is 0 Å². The van der Waals surface area contributed by atoms with Gasteiger partial charge >= 0.3 is 0 Å². The topological polar surface area (TPSA) is 58.1 Å². The molecule has 1 fully saturated rings. The molecule has 1 saturated heterocycles. The number of nitrogens with one attached hydrogen (secondary N) is 1. The first-order chi connectivity index (χ1) is 14.2. The van der Waals surface area contributed by atoms with Crippen LogP contribution in [0.3, 0.4) is 0 Å². The molecule has 0 radical (unpaired) electrons. The lowest BCUT2D eigenvalue weighted by Crippen LogP contribution is -2.37. The number of hydrogen-bond donors (Lipinski definition) is 1. The zero-order valence-electron chi connectivity index (χ0n) is 16.7. The van der Waals surface area contributed by atoms with Crippen LogP contribution in [-0.4, -0.2) is 47.5 Å². The number of benzene rings is 1. The predicted molar refractivity (Wildman–Crippen MR) is 115 cm³/mol. The summed E-state index contributed by atoms with van der Waals surface area (Å²) in [6.07, 6.45) is 9.54. The van der Waals surface area contributed by atoms with E-state index in [1.165, 1.54) is 0 Å². The first-order valence-corrected chi connectivity index (χ1v) is 10.1. The summed E-state index contributed by atoms with van der Waals surface area (Å²) in [6, 6.07) is 13.9. The van der Waals surface area contributed by atoms with Crippen LogP contribution >= 0.6 is 0 Å². The van der Waals surface area contributed by atoms with Gasteiger partial charge in [-0.25, -0.2) is 0 Å². The van der Waals surface area contributed by atoms with Gasteiger partial charge in [0.25, 0.3) is 5.91 Å². The number of carbonyl (C=O) groups excluding carboxylic acids is 1. The van der Waals surface area contributed by atoms with Gasteiger partial charge in [0.05, 0.1) is 0 Å². The highest BCUT2D eigenvalue weighted by Crippen LogP contribution is 2.25. The molecule has 4 rings (SSSR count). The van der Waals surface area contributed by atoms with E-state index in [0.717, 1.165) is 60.3 Å². The molecule has 0 bridgehead atoms. The summed E-state index contributed by atoms with van der Waals surface area (Å²) in [6.45, 7) is 2.92. The zero-order valence-corrected chi connectivity index (χ0v) is 16.7. The van der Waals surface area contributed by atoms with Crippen molar-refractivity contribution in [2.75, 3.05) is 26.7 Å². The number of rotatable bonds is 5. The summed E-state index contributed by atoms with van der Waals surface area (Å²) in [5.74, 6) is 0.671. The smallest absolute Gasteiger partial charge is 0.253 e. The molecule has 0 unspecified atom stereocenters. The summed E-state index contributed by atoms with van der Waals surface area (Å²) in [5, 5.41) is 3.37. The molecule has 3 aromatic rings. The van der Waals surface area contributed by atoms with Gasteiger partial charge in [0.2, 0.25) is 0 Å². The van der Waals surface area contributed by atoms with Crippen LogP contribution in [0.5, 0.6) is 0 Å². The van der Waals surface area contributed by atoms with Gasteiger partial charge in [-0.15, -0.1) is 0 Å². The van der Waals surface area contributed by atoms with Gasteiger partial charge in [0.1, 0.15) is 0 Å². The average molecular weight is 386 g/mol. The molecule has 0 spiro atoms. The molecular weight excluding hydrogens is 360 g/mol. The lowest BCUT2D eigenvalue weighted by molar-refractivity contribution is 0.0763. The van der Waals surface area contributed by atoms with Crippen molar-refractivity contribution in [2.45, 2.75) is 12.8 Å². The monoisotopic (exact) mass is 386 g/mol. The maximum atomic E-state index is 12.8. The highest BCUT2D eigenvalue weighted by atomic mass is 16.2. The Kier molecular flexibility index (Phi) is 5.96. The van der Waals surface area contributed by atoms with E-state index in [0.29, 0.717) is 5.92 Å². The van der Waals surface area contributed by atoms with Crippen LogP contribution in [0, 0.1) is 5.92 Å². The average Bonchev–Trinajstić information content (AvgIpc) is 2.80. The molecule has 5 heteroatoms. The summed E-state index contributed by atoms with van der Waals surface area (Å²) in [5.41, 5.74) is 4.93. The molecule has 1 aliphatic heterocycles. The molecule has 0 saturated carbocycles. The fourth-order valence-corrected chi connectivity index (χ4v) is 3.86. The molecule has 1 N–H and O–H groups in total. The van der Waals surface area contributed by atoms with E-state index in [9.17, 15) is 4.79 Å². The second-order valence-electron chi connectivity index (χ2n) is 7.65. The Morgan fingerprint density at radius 1 is 0.931 bits per heavy atom. The third kappa shape index (κ3) is 4.69. The van der Waals surface area contributed by atoms with E-state index < -0.39 is 0 Å². The number of amides is 1. The number of aromatic nitrogens is 2. The molecule has 148 valence electrons. The lowest BCUT2D eigenvalue weighted by atomic mass is 9.97. The minimum absolute atomic E-state index is 0.0822. The van der Waals surface area contributed by atoms with Gasteiger partial charge in [0.15, 0.2) is 0 Å². The lowest BCUT2D eigenvalue weighted by Gasteiger charge is -2.27. The first kappa shape index (κ1) is 19.3. The molecule has 0 aliphatic carbocycles. The summed E-state index contributed by atoms with van der Waals surface area (Å²) < 4.78 is 0. The number of carbonyl (C=O) groups is 1. The fourth-order valence-electron chi connectivity index (χ4n) is 3.86. The largest absolute Gasteiger partial charge is 0.341 e. The Bertz CT molecular complexity index is 950. The van der Waals surface area contributed by atoms with Crippen LogP contribution in [0.2, 0.25) is 0 Å². The van der Waals surface area contributed by atoms with Gasteiger partial charge in [-0.3, -0.25) is 14.8 Å². The van der Waals surface area contributed by atoms with E-state index in [2.05, 4.69) is 21.4 Å². The van der Waals surface area contributed by atoms with Gasteiger partial charge in [-0.1, -0.05) is 12.1 Å². The van der Waals surface area contributed by atoms with Crippen LogP contribution in [0.15, 0.2) is 67.3 Å². The molecule has 1 amide bonds. The number of pyridine rings is 2. The van der Waals surface area contributed by atoms with Crippen molar-refractivity contribution in [3.8, 4) is 22.3 Å². The normalized spacial score (nSPS) is 14.5. The second kappa shape index (κ2) is 8.97. The second-order valence-corrected chi connectivity index (χ2v) is 7.65. The van der Waals surface area contributed by atoms with Crippen molar-refractivity contribution in [3.05, 3.63) is 72.8 Å². The molecule has 5 nitrogen and oxygen atoms in total. The van der Waals surface area contributed by atoms with Crippen molar-refractivity contribution in [1.82, 2.24) is 20.2 Å². The van der Waals surface area contributed by atoms with E-state index >= 15 is 0 Å². The zero-order chi connectivity index (χ0) is 20.1. The Morgan fingerprint density at radius 2 is 1.55 bits per heavy atom. The van der Waals surface area contributed by atoms with Gasteiger partial charge in [-0.05, 0) is 73.3 Å². The molecule has 1 aliphatic rings. The van der Waals surface area contributed by atoms with Crippen molar-refractivity contribution >= 4 is 5.91 Å². The standard InChI is InChI=1S/C24H26N4O/c1-28(17-18-6-10-25-11-7-18)24(29)21-4-2-19(3-5-21)22-14-23(16-27-15-22)20-8-12-26-13-9-20/h2-5,8-9,12-16,18,25H,6-7,10-11,17H2,1H3. The van der Waals surface area contributed by atoms with Crippen LogP contribution in [0.1, 0.15) is 23.2 Å². The molecule has 29 heavy (non-hydrogen) atoms. The summed E-state index contributed by atoms with van der Waals surface area (Å²) in [4.78, 5) is 23.1. The van der Waals surface area contributed by atoms with E-state index in [1.54, 1.807) is 12.4 Å². The summed E-state index contributed by atoms with van der Waals surface area (Å²) in [7, 11) is 1.90. The van der Waals surface area contributed by atoms with Crippen LogP contribution in [-0.2, 0) is 0 Å². The molecule has 3 heterocycles. The Morgan fingerprint density at radius 3 is 2.21 bits per heavy atom. The molecule has 0 atom stereocenters.